The van der Waals surface area contributed by atoms with Crippen molar-refractivity contribution in [2.24, 2.45) is 0 Å². The van der Waals surface area contributed by atoms with Crippen molar-refractivity contribution in [2.75, 3.05) is 13.1 Å². The molecule has 2 heterocycles. The lowest BCUT2D eigenvalue weighted by Crippen LogP contribution is -2.46. The Morgan fingerprint density at radius 1 is 1.08 bits per heavy atom. The fraction of sp³-hybridized carbons (Fsp3) is 0.381. The average Bonchev–Trinajstić information content (AvgIpc) is 3.00. The molecule has 25 heavy (non-hydrogen) atoms. The van der Waals surface area contributed by atoms with Crippen molar-refractivity contribution in [1.29, 1.82) is 0 Å². The van der Waals surface area contributed by atoms with E-state index in [1.807, 2.05) is 47.4 Å². The predicted octanol–water partition coefficient (Wildman–Crippen LogP) is 4.19. The molecule has 1 N–H and O–H groups in total. The van der Waals surface area contributed by atoms with E-state index in [1.165, 1.54) is 0 Å². The lowest BCUT2D eigenvalue weighted by atomic mass is 10.0. The van der Waals surface area contributed by atoms with Crippen molar-refractivity contribution in [3.63, 3.8) is 0 Å². The van der Waals surface area contributed by atoms with Crippen molar-refractivity contribution in [3.05, 3.63) is 48.0 Å². The molecule has 0 aliphatic carbocycles. The predicted molar refractivity (Wildman–Crippen MR) is 101 cm³/mol. The Bertz CT molecular complexity index is 905. The SMILES string of the molecule is CC(C)NC1CCN(C(=O)c2cccc3c2oc2ccccc23)CC1. The third-order valence-electron chi connectivity index (χ3n) is 4.99. The Labute approximate surface area is 147 Å². The van der Waals surface area contributed by atoms with E-state index in [2.05, 4.69) is 19.2 Å². The van der Waals surface area contributed by atoms with Gasteiger partial charge in [-0.2, -0.15) is 0 Å². The Morgan fingerprint density at radius 2 is 1.80 bits per heavy atom. The number of piperidine rings is 1. The molecule has 130 valence electrons. The average molecular weight is 336 g/mol. The second-order valence-corrected chi connectivity index (χ2v) is 7.17. The van der Waals surface area contributed by atoms with Gasteiger partial charge in [-0.05, 0) is 25.0 Å². The molecule has 1 amide bonds. The highest BCUT2D eigenvalue weighted by Gasteiger charge is 2.26. The molecule has 1 fully saturated rings. The number of fused-ring (bicyclic) bond motifs is 3. The summed E-state index contributed by atoms with van der Waals surface area (Å²) in [6.07, 6.45) is 2.00. The highest BCUT2D eigenvalue weighted by molar-refractivity contribution is 6.13. The Balaban J connectivity index is 1.61. The Kier molecular flexibility index (Phi) is 4.22. The number of hydrogen-bond donors (Lipinski definition) is 1. The summed E-state index contributed by atoms with van der Waals surface area (Å²) in [6, 6.07) is 14.8. The number of carbonyl (C=O) groups is 1. The normalized spacial score (nSPS) is 16.2. The largest absolute Gasteiger partial charge is 0.455 e. The molecule has 1 aliphatic heterocycles. The van der Waals surface area contributed by atoms with Crippen LogP contribution in [-0.2, 0) is 0 Å². The number of nitrogens with zero attached hydrogens (tertiary/aromatic N) is 1. The van der Waals surface area contributed by atoms with Crippen molar-refractivity contribution < 1.29 is 9.21 Å². The molecule has 0 radical (unpaired) electrons. The smallest absolute Gasteiger partial charge is 0.257 e. The Hall–Kier alpha value is -2.33. The number of carbonyl (C=O) groups excluding carboxylic acids is 1. The number of para-hydroxylation sites is 2. The van der Waals surface area contributed by atoms with Gasteiger partial charge < -0.3 is 14.6 Å². The van der Waals surface area contributed by atoms with Gasteiger partial charge in [0.15, 0.2) is 0 Å². The lowest BCUT2D eigenvalue weighted by Gasteiger charge is -2.33. The molecule has 0 atom stereocenters. The minimum atomic E-state index is 0.0765. The van der Waals surface area contributed by atoms with Crippen molar-refractivity contribution in [2.45, 2.75) is 38.8 Å². The summed E-state index contributed by atoms with van der Waals surface area (Å²) in [5.41, 5.74) is 2.21. The van der Waals surface area contributed by atoms with Crippen LogP contribution in [0, 0.1) is 0 Å². The summed E-state index contributed by atoms with van der Waals surface area (Å²) in [6.45, 7) is 5.92. The van der Waals surface area contributed by atoms with Crippen LogP contribution in [0.15, 0.2) is 46.9 Å². The van der Waals surface area contributed by atoms with Crippen LogP contribution in [-0.4, -0.2) is 36.0 Å². The van der Waals surface area contributed by atoms with Crippen LogP contribution in [0.2, 0.25) is 0 Å². The third kappa shape index (κ3) is 3.02. The second kappa shape index (κ2) is 6.52. The van der Waals surface area contributed by atoms with Gasteiger partial charge in [0.25, 0.3) is 5.91 Å². The number of rotatable bonds is 3. The molecule has 4 nitrogen and oxygen atoms in total. The van der Waals surface area contributed by atoms with Crippen LogP contribution < -0.4 is 5.32 Å². The molecular weight excluding hydrogens is 312 g/mol. The van der Waals surface area contributed by atoms with Gasteiger partial charge in [0.05, 0.1) is 5.56 Å². The molecule has 4 rings (SSSR count). The molecule has 1 saturated heterocycles. The maximum Gasteiger partial charge on any atom is 0.257 e. The monoisotopic (exact) mass is 336 g/mol. The van der Waals surface area contributed by atoms with Crippen LogP contribution in [0.3, 0.4) is 0 Å². The second-order valence-electron chi connectivity index (χ2n) is 7.17. The molecule has 4 heteroatoms. The van der Waals surface area contributed by atoms with Crippen LogP contribution in [0.5, 0.6) is 0 Å². The molecule has 0 unspecified atom stereocenters. The first-order valence-corrected chi connectivity index (χ1v) is 9.09. The van der Waals surface area contributed by atoms with Crippen LogP contribution in [0.4, 0.5) is 0 Å². The van der Waals surface area contributed by atoms with Crippen molar-refractivity contribution in [1.82, 2.24) is 10.2 Å². The van der Waals surface area contributed by atoms with E-state index in [0.717, 1.165) is 42.3 Å². The van der Waals surface area contributed by atoms with Gasteiger partial charge in [0.2, 0.25) is 0 Å². The molecular formula is C21H24N2O2. The number of nitrogens with one attached hydrogen (secondary N) is 1. The van der Waals surface area contributed by atoms with E-state index in [1.54, 1.807) is 0 Å². The summed E-state index contributed by atoms with van der Waals surface area (Å²) < 4.78 is 6.01. The minimum absolute atomic E-state index is 0.0765. The lowest BCUT2D eigenvalue weighted by molar-refractivity contribution is 0.0704. The van der Waals surface area contributed by atoms with Gasteiger partial charge in [-0.1, -0.05) is 44.2 Å². The topological polar surface area (TPSA) is 45.5 Å². The van der Waals surface area contributed by atoms with Gasteiger partial charge >= 0.3 is 0 Å². The van der Waals surface area contributed by atoms with Crippen LogP contribution in [0.25, 0.3) is 21.9 Å². The van der Waals surface area contributed by atoms with Gasteiger partial charge in [-0.3, -0.25) is 4.79 Å². The van der Waals surface area contributed by atoms with E-state index in [0.29, 0.717) is 23.2 Å². The zero-order chi connectivity index (χ0) is 17.4. The highest BCUT2D eigenvalue weighted by Crippen LogP contribution is 2.31. The molecule has 2 aromatic carbocycles. The van der Waals surface area contributed by atoms with Crippen molar-refractivity contribution >= 4 is 27.8 Å². The molecule has 1 aromatic heterocycles. The summed E-state index contributed by atoms with van der Waals surface area (Å²) >= 11 is 0. The number of amides is 1. The number of likely N-dealkylation sites (tertiary alicyclic amines) is 1. The van der Waals surface area contributed by atoms with E-state index < -0.39 is 0 Å². The fourth-order valence-electron chi connectivity index (χ4n) is 3.81. The van der Waals surface area contributed by atoms with E-state index in [-0.39, 0.29) is 5.91 Å². The zero-order valence-electron chi connectivity index (χ0n) is 14.8. The van der Waals surface area contributed by atoms with Crippen molar-refractivity contribution in [3.8, 4) is 0 Å². The molecule has 0 spiro atoms. The first-order valence-electron chi connectivity index (χ1n) is 9.09. The molecule has 3 aromatic rings. The van der Waals surface area contributed by atoms with Gasteiger partial charge in [-0.15, -0.1) is 0 Å². The summed E-state index contributed by atoms with van der Waals surface area (Å²) in [7, 11) is 0. The molecule has 1 aliphatic rings. The molecule has 0 bridgehead atoms. The fourth-order valence-corrected chi connectivity index (χ4v) is 3.81. The minimum Gasteiger partial charge on any atom is -0.455 e. The maximum absolute atomic E-state index is 13.1. The number of furan rings is 1. The first kappa shape index (κ1) is 16.2. The van der Waals surface area contributed by atoms with E-state index in [9.17, 15) is 4.79 Å². The molecule has 0 saturated carbocycles. The first-order chi connectivity index (χ1) is 12.1. The summed E-state index contributed by atoms with van der Waals surface area (Å²) in [5, 5.41) is 5.65. The third-order valence-corrected chi connectivity index (χ3v) is 4.99. The zero-order valence-corrected chi connectivity index (χ0v) is 14.8. The van der Waals surface area contributed by atoms with Crippen LogP contribution >= 0.6 is 0 Å². The van der Waals surface area contributed by atoms with E-state index in [4.69, 9.17) is 4.42 Å². The standard InChI is InChI=1S/C21H24N2O2/c1-14(2)22-15-10-12-23(13-11-15)21(24)18-8-5-7-17-16-6-3-4-9-19(16)25-20(17)18/h3-9,14-15,22H,10-13H2,1-2H3. The Morgan fingerprint density at radius 3 is 2.56 bits per heavy atom. The van der Waals surface area contributed by atoms with E-state index >= 15 is 0 Å². The maximum atomic E-state index is 13.1. The van der Waals surface area contributed by atoms with Gasteiger partial charge in [0, 0.05) is 35.9 Å². The number of hydrogen-bond acceptors (Lipinski definition) is 3. The highest BCUT2D eigenvalue weighted by atomic mass is 16.3. The van der Waals surface area contributed by atoms with Gasteiger partial charge in [-0.25, -0.2) is 0 Å². The summed E-state index contributed by atoms with van der Waals surface area (Å²) in [5.74, 6) is 0.0765. The quantitative estimate of drug-likeness (QED) is 0.780. The van der Waals surface area contributed by atoms with Crippen LogP contribution in [0.1, 0.15) is 37.0 Å². The van der Waals surface area contributed by atoms with Gasteiger partial charge in [0.1, 0.15) is 11.2 Å². The summed E-state index contributed by atoms with van der Waals surface area (Å²) in [4.78, 5) is 15.0. The number of benzene rings is 2.